The second-order valence-corrected chi connectivity index (χ2v) is 6.94. The number of aryl methyl sites for hydroxylation is 1. The van der Waals surface area contributed by atoms with Crippen LogP contribution in [0.4, 0.5) is 0 Å². The van der Waals surface area contributed by atoms with Crippen LogP contribution < -0.4 is 0 Å². The Bertz CT molecular complexity index is 816. The largest absolute Gasteiger partial charge is 0.481 e. The van der Waals surface area contributed by atoms with Crippen molar-refractivity contribution >= 4 is 11.9 Å². The predicted octanol–water partition coefficient (Wildman–Crippen LogP) is 3.08. The first-order valence-corrected chi connectivity index (χ1v) is 9.56. The minimum absolute atomic E-state index is 0.148. The van der Waals surface area contributed by atoms with Gasteiger partial charge in [0.1, 0.15) is 0 Å². The lowest BCUT2D eigenvalue weighted by Gasteiger charge is -2.24. The predicted molar refractivity (Wildman–Crippen MR) is 107 cm³/mol. The molecule has 0 radical (unpaired) electrons. The number of aliphatic carboxylic acids is 1. The number of aromatic nitrogens is 2. The van der Waals surface area contributed by atoms with E-state index < -0.39 is 11.9 Å². The van der Waals surface area contributed by atoms with Crippen LogP contribution >= 0.6 is 0 Å². The number of hydrogen-bond acceptors (Lipinski definition) is 4. The van der Waals surface area contributed by atoms with Gasteiger partial charge in [0.2, 0.25) is 0 Å². The molecule has 28 heavy (non-hydrogen) atoms. The van der Waals surface area contributed by atoms with Crippen molar-refractivity contribution in [1.29, 1.82) is 0 Å². The van der Waals surface area contributed by atoms with Crippen LogP contribution in [0.15, 0.2) is 30.5 Å². The average Bonchev–Trinajstić information content (AvgIpc) is 3.04. The molecule has 0 fully saturated rings. The van der Waals surface area contributed by atoms with E-state index in [9.17, 15) is 14.7 Å². The molecule has 0 aliphatic carbocycles. The summed E-state index contributed by atoms with van der Waals surface area (Å²) >= 11 is 0. The Morgan fingerprint density at radius 1 is 1.32 bits per heavy atom. The molecule has 0 aliphatic heterocycles. The molecule has 2 rings (SSSR count). The fourth-order valence-electron chi connectivity index (χ4n) is 3.00. The minimum Gasteiger partial charge on any atom is -0.481 e. The molecule has 1 amide bonds. The summed E-state index contributed by atoms with van der Waals surface area (Å²) in [6, 6.07) is 7.89. The molecule has 152 valence electrons. The first-order valence-electron chi connectivity index (χ1n) is 9.56. The van der Waals surface area contributed by atoms with E-state index in [1.54, 1.807) is 22.7 Å². The van der Waals surface area contributed by atoms with Gasteiger partial charge in [0.05, 0.1) is 29.1 Å². The topological polar surface area (TPSA) is 84.7 Å². The van der Waals surface area contributed by atoms with Crippen LogP contribution in [0, 0.1) is 19.8 Å². The van der Waals surface area contributed by atoms with E-state index in [2.05, 4.69) is 5.10 Å². The van der Waals surface area contributed by atoms with E-state index in [0.29, 0.717) is 31.7 Å². The average molecular weight is 387 g/mol. The molecule has 1 aromatic carbocycles. The molecule has 1 unspecified atom stereocenters. The summed E-state index contributed by atoms with van der Waals surface area (Å²) in [4.78, 5) is 26.0. The second kappa shape index (κ2) is 10.0. The highest BCUT2D eigenvalue weighted by Gasteiger charge is 2.24. The van der Waals surface area contributed by atoms with Crippen LogP contribution in [0.2, 0.25) is 0 Å². The third-order valence-corrected chi connectivity index (χ3v) is 4.61. The minimum atomic E-state index is -0.921. The lowest BCUT2D eigenvalue weighted by atomic mass is 10.1. The lowest BCUT2D eigenvalue weighted by molar-refractivity contribution is -0.141. The SMILES string of the molecule is CCOCCCN(CC(C)C(=O)O)C(=O)c1cnn(-c2cccc(C)c2)c1C. The summed E-state index contributed by atoms with van der Waals surface area (Å²) in [5, 5.41) is 13.6. The van der Waals surface area contributed by atoms with Crippen molar-refractivity contribution in [2.75, 3.05) is 26.3 Å². The number of nitrogens with zero attached hydrogens (tertiary/aromatic N) is 3. The summed E-state index contributed by atoms with van der Waals surface area (Å²) < 4.78 is 7.08. The Morgan fingerprint density at radius 2 is 2.07 bits per heavy atom. The zero-order chi connectivity index (χ0) is 20.7. The zero-order valence-electron chi connectivity index (χ0n) is 17.0. The Labute approximate surface area is 165 Å². The second-order valence-electron chi connectivity index (χ2n) is 6.94. The van der Waals surface area contributed by atoms with Gasteiger partial charge in [0.25, 0.3) is 5.91 Å². The summed E-state index contributed by atoms with van der Waals surface area (Å²) in [6.45, 7) is 9.10. The van der Waals surface area contributed by atoms with Crippen molar-refractivity contribution < 1.29 is 19.4 Å². The Morgan fingerprint density at radius 3 is 2.71 bits per heavy atom. The van der Waals surface area contributed by atoms with Crippen molar-refractivity contribution in [2.24, 2.45) is 5.92 Å². The lowest BCUT2D eigenvalue weighted by Crippen LogP contribution is -2.38. The fraction of sp³-hybridized carbons (Fsp3) is 0.476. The molecular formula is C21H29N3O4. The van der Waals surface area contributed by atoms with E-state index in [1.165, 1.54) is 0 Å². The van der Waals surface area contributed by atoms with Gasteiger partial charge in [-0.1, -0.05) is 19.1 Å². The number of carbonyl (C=O) groups is 2. The van der Waals surface area contributed by atoms with Crippen molar-refractivity contribution in [1.82, 2.24) is 14.7 Å². The Balaban J connectivity index is 2.23. The van der Waals surface area contributed by atoms with Crippen LogP contribution in [0.3, 0.4) is 0 Å². The van der Waals surface area contributed by atoms with Gasteiger partial charge in [-0.2, -0.15) is 5.10 Å². The first kappa shape index (κ1) is 21.6. The standard InChI is InChI=1S/C21H29N3O4/c1-5-28-11-7-10-23(14-16(3)21(26)27)20(25)19-13-22-24(17(19)4)18-9-6-8-15(2)12-18/h6,8-9,12-13,16H,5,7,10-11,14H2,1-4H3,(H,26,27). The maximum absolute atomic E-state index is 13.1. The van der Waals surface area contributed by atoms with E-state index in [4.69, 9.17) is 4.74 Å². The molecule has 2 aromatic rings. The number of carboxylic acids is 1. The molecule has 0 saturated carbocycles. The number of carbonyl (C=O) groups excluding carboxylic acids is 1. The number of amides is 1. The van der Waals surface area contributed by atoms with Crippen molar-refractivity contribution in [3.63, 3.8) is 0 Å². The maximum atomic E-state index is 13.1. The molecule has 1 aromatic heterocycles. The molecule has 7 nitrogen and oxygen atoms in total. The quantitative estimate of drug-likeness (QED) is 0.633. The highest BCUT2D eigenvalue weighted by Crippen LogP contribution is 2.18. The van der Waals surface area contributed by atoms with Gasteiger partial charge in [-0.15, -0.1) is 0 Å². The van der Waals surface area contributed by atoms with Gasteiger partial charge in [-0.25, -0.2) is 4.68 Å². The summed E-state index contributed by atoms with van der Waals surface area (Å²) in [6.07, 6.45) is 2.21. The third-order valence-electron chi connectivity index (χ3n) is 4.61. The van der Waals surface area contributed by atoms with E-state index in [-0.39, 0.29) is 12.5 Å². The molecule has 0 spiro atoms. The third kappa shape index (κ3) is 5.42. The summed E-state index contributed by atoms with van der Waals surface area (Å²) in [5.74, 6) is -1.78. The normalized spacial score (nSPS) is 12.0. The van der Waals surface area contributed by atoms with Gasteiger partial charge >= 0.3 is 5.97 Å². The van der Waals surface area contributed by atoms with Crippen LogP contribution in [-0.4, -0.2) is 58.0 Å². The first-order chi connectivity index (χ1) is 13.3. The number of carboxylic acid groups (broad SMARTS) is 1. The van der Waals surface area contributed by atoms with Crippen molar-refractivity contribution in [3.8, 4) is 5.69 Å². The molecule has 0 aliphatic rings. The smallest absolute Gasteiger partial charge is 0.308 e. The molecule has 0 saturated heterocycles. The van der Waals surface area contributed by atoms with Gasteiger partial charge in [0.15, 0.2) is 0 Å². The fourth-order valence-corrected chi connectivity index (χ4v) is 3.00. The van der Waals surface area contributed by atoms with Gasteiger partial charge in [-0.3, -0.25) is 9.59 Å². The number of rotatable bonds is 10. The van der Waals surface area contributed by atoms with E-state index >= 15 is 0 Å². The highest BCUT2D eigenvalue weighted by molar-refractivity contribution is 5.95. The van der Waals surface area contributed by atoms with E-state index in [1.807, 2.05) is 45.0 Å². The van der Waals surface area contributed by atoms with Gasteiger partial charge in [-0.05, 0) is 44.9 Å². The molecule has 1 heterocycles. The van der Waals surface area contributed by atoms with Crippen LogP contribution in [0.5, 0.6) is 0 Å². The Kier molecular flexibility index (Phi) is 7.75. The Hall–Kier alpha value is -2.67. The maximum Gasteiger partial charge on any atom is 0.308 e. The summed E-state index contributed by atoms with van der Waals surface area (Å²) in [7, 11) is 0. The molecule has 0 bridgehead atoms. The molecule has 7 heteroatoms. The van der Waals surface area contributed by atoms with Crippen LogP contribution in [0.25, 0.3) is 5.69 Å². The van der Waals surface area contributed by atoms with Crippen molar-refractivity contribution in [2.45, 2.75) is 34.1 Å². The number of hydrogen-bond donors (Lipinski definition) is 1. The van der Waals surface area contributed by atoms with Crippen LogP contribution in [-0.2, 0) is 9.53 Å². The number of benzene rings is 1. The highest BCUT2D eigenvalue weighted by atomic mass is 16.5. The monoisotopic (exact) mass is 387 g/mol. The zero-order valence-corrected chi connectivity index (χ0v) is 17.0. The van der Waals surface area contributed by atoms with Gasteiger partial charge in [0, 0.05) is 26.3 Å². The van der Waals surface area contributed by atoms with E-state index in [0.717, 1.165) is 16.9 Å². The molecule has 1 N–H and O–H groups in total. The number of ether oxygens (including phenoxy) is 1. The molecule has 1 atom stereocenters. The summed E-state index contributed by atoms with van der Waals surface area (Å²) in [5.41, 5.74) is 3.20. The van der Waals surface area contributed by atoms with Crippen LogP contribution in [0.1, 0.15) is 41.9 Å². The van der Waals surface area contributed by atoms with Crippen molar-refractivity contribution in [3.05, 3.63) is 47.3 Å². The molecular weight excluding hydrogens is 358 g/mol. The van der Waals surface area contributed by atoms with Gasteiger partial charge < -0.3 is 14.7 Å².